The van der Waals surface area contributed by atoms with Gasteiger partial charge in [0, 0.05) is 41.5 Å². The summed E-state index contributed by atoms with van der Waals surface area (Å²) in [6.07, 6.45) is 6.72. The third-order valence-corrected chi connectivity index (χ3v) is 7.64. The average molecular weight is 472 g/mol. The minimum Gasteiger partial charge on any atom is -0.490 e. The summed E-state index contributed by atoms with van der Waals surface area (Å²) < 4.78 is 32.7. The molecular weight excluding hydrogens is 450 g/mol. The molecule has 2 aromatic carbocycles. The molecule has 0 bridgehead atoms. The smallest absolute Gasteiger partial charge is 0.282 e. The highest BCUT2D eigenvalue weighted by molar-refractivity contribution is 7.89. The third kappa shape index (κ3) is 3.32. The number of likely N-dealkylation sites (N-methyl/N-ethyl adjacent to an activating group) is 1. The summed E-state index contributed by atoms with van der Waals surface area (Å²) in [5, 5.41) is 5.02. The predicted molar refractivity (Wildman–Crippen MR) is 131 cm³/mol. The van der Waals surface area contributed by atoms with Gasteiger partial charge in [-0.2, -0.15) is 17.6 Å². The number of H-pyrrole nitrogens is 1. The van der Waals surface area contributed by atoms with Crippen LogP contribution in [0.3, 0.4) is 0 Å². The van der Waals surface area contributed by atoms with Gasteiger partial charge in [0.25, 0.3) is 10.0 Å². The first-order valence-corrected chi connectivity index (χ1v) is 12.3. The fourth-order valence-electron chi connectivity index (χ4n) is 4.21. The predicted octanol–water partition coefficient (Wildman–Crippen LogP) is 4.16. The fraction of sp³-hybridized carbons (Fsp3) is 0.120. The van der Waals surface area contributed by atoms with Gasteiger partial charge in [-0.05, 0) is 35.9 Å². The highest BCUT2D eigenvalue weighted by atomic mass is 32.2. The number of aromatic amines is 1. The molecule has 1 N–H and O–H groups in total. The molecule has 4 heterocycles. The van der Waals surface area contributed by atoms with E-state index in [1.54, 1.807) is 36.5 Å². The third-order valence-electron chi connectivity index (χ3n) is 6.08. The number of pyridine rings is 1. The number of nitrogens with one attached hydrogen (secondary N) is 1. The molecule has 0 fully saturated rings. The van der Waals surface area contributed by atoms with Crippen molar-refractivity contribution in [3.63, 3.8) is 0 Å². The van der Waals surface area contributed by atoms with Gasteiger partial charge in [0.15, 0.2) is 0 Å². The van der Waals surface area contributed by atoms with Crippen LogP contribution in [0.2, 0.25) is 0 Å². The summed E-state index contributed by atoms with van der Waals surface area (Å²) in [6, 6.07) is 16.5. The lowest BCUT2D eigenvalue weighted by atomic mass is 10.0. The van der Waals surface area contributed by atoms with Gasteiger partial charge in [-0.15, -0.1) is 0 Å². The van der Waals surface area contributed by atoms with E-state index in [1.807, 2.05) is 24.5 Å². The van der Waals surface area contributed by atoms with Gasteiger partial charge in [-0.3, -0.25) is 0 Å². The Morgan fingerprint density at radius 3 is 2.71 bits per heavy atom. The maximum Gasteiger partial charge on any atom is 0.282 e. The molecule has 0 radical (unpaired) electrons. The van der Waals surface area contributed by atoms with Crippen molar-refractivity contribution in [3.05, 3.63) is 79.4 Å². The number of benzene rings is 2. The van der Waals surface area contributed by atoms with E-state index in [0.717, 1.165) is 44.1 Å². The molecule has 34 heavy (non-hydrogen) atoms. The summed E-state index contributed by atoms with van der Waals surface area (Å²) in [5.41, 5.74) is 5.23. The molecule has 6 rings (SSSR count). The summed E-state index contributed by atoms with van der Waals surface area (Å²) >= 11 is 0. The Labute approximate surface area is 196 Å². The van der Waals surface area contributed by atoms with Gasteiger partial charge in [-0.1, -0.05) is 24.3 Å². The van der Waals surface area contributed by atoms with Crippen LogP contribution in [-0.4, -0.2) is 47.8 Å². The topological polar surface area (TPSA) is 93.1 Å². The minimum absolute atomic E-state index is 0.188. The van der Waals surface area contributed by atoms with Gasteiger partial charge in [-0.25, -0.2) is 4.98 Å². The van der Waals surface area contributed by atoms with Crippen molar-refractivity contribution in [1.82, 2.24) is 19.2 Å². The number of anilines is 1. The van der Waals surface area contributed by atoms with Crippen molar-refractivity contribution in [2.45, 2.75) is 4.90 Å². The normalized spacial score (nSPS) is 13.6. The second-order valence-electron chi connectivity index (χ2n) is 8.19. The summed E-state index contributed by atoms with van der Waals surface area (Å²) in [4.78, 5) is 10.1. The maximum atomic E-state index is 12.9. The van der Waals surface area contributed by atoms with Crippen molar-refractivity contribution >= 4 is 26.7 Å². The Bertz CT molecular complexity index is 1620. The van der Waals surface area contributed by atoms with E-state index in [0.29, 0.717) is 17.8 Å². The van der Waals surface area contributed by atoms with Crippen LogP contribution in [0.25, 0.3) is 33.3 Å². The Morgan fingerprint density at radius 1 is 1.00 bits per heavy atom. The van der Waals surface area contributed by atoms with Crippen LogP contribution in [0.4, 0.5) is 5.69 Å². The molecule has 9 heteroatoms. The lowest BCUT2D eigenvalue weighted by Crippen LogP contribution is -2.28. The zero-order valence-corrected chi connectivity index (χ0v) is 19.2. The van der Waals surface area contributed by atoms with Gasteiger partial charge < -0.3 is 14.6 Å². The Morgan fingerprint density at radius 2 is 1.85 bits per heavy atom. The van der Waals surface area contributed by atoms with Crippen molar-refractivity contribution in [2.75, 3.05) is 25.1 Å². The molecule has 8 nitrogen and oxygen atoms in total. The van der Waals surface area contributed by atoms with E-state index >= 15 is 0 Å². The highest BCUT2D eigenvalue weighted by Gasteiger charge is 2.20. The number of nitrogens with zero attached hydrogens (tertiary/aromatic N) is 4. The monoisotopic (exact) mass is 471 g/mol. The largest absolute Gasteiger partial charge is 0.490 e. The van der Waals surface area contributed by atoms with E-state index in [-0.39, 0.29) is 4.90 Å². The van der Waals surface area contributed by atoms with E-state index in [1.165, 1.54) is 6.20 Å². The van der Waals surface area contributed by atoms with Crippen LogP contribution in [-0.2, 0) is 10.0 Å². The molecule has 0 saturated heterocycles. The van der Waals surface area contributed by atoms with Crippen molar-refractivity contribution < 1.29 is 13.2 Å². The second-order valence-corrected chi connectivity index (χ2v) is 9.99. The van der Waals surface area contributed by atoms with Gasteiger partial charge in [0.05, 0.1) is 29.5 Å². The number of hydrogen-bond donors (Lipinski definition) is 1. The summed E-state index contributed by atoms with van der Waals surface area (Å²) in [5.74, 6) is 0.855. The second kappa shape index (κ2) is 7.74. The first-order chi connectivity index (χ1) is 16.5. The standard InChI is InChI=1S/C25H21N5O3S/c1-29-9-10-33-24-12-17(7-8-23(24)29)18-11-21-22(15-27-25(21)26-13-18)19-14-28-30(16-19)34(31,32)20-5-3-2-4-6-20/h2-8,11-16H,9-10H2,1H3,(H,26,27). The molecule has 0 aliphatic carbocycles. The number of fused-ring (bicyclic) bond motifs is 2. The van der Waals surface area contributed by atoms with Crippen LogP contribution in [0.1, 0.15) is 0 Å². The van der Waals surface area contributed by atoms with Gasteiger partial charge in [0.2, 0.25) is 0 Å². The van der Waals surface area contributed by atoms with Crippen molar-refractivity contribution in [1.29, 1.82) is 0 Å². The fourth-order valence-corrected chi connectivity index (χ4v) is 5.35. The number of ether oxygens (including phenoxy) is 1. The average Bonchev–Trinajstić information content (AvgIpc) is 3.52. The molecule has 1 aliphatic rings. The number of hydrogen-bond acceptors (Lipinski definition) is 6. The molecule has 1 aliphatic heterocycles. The molecular formula is C25H21N5O3S. The van der Waals surface area contributed by atoms with E-state index in [2.05, 4.69) is 39.1 Å². The van der Waals surface area contributed by atoms with Crippen LogP contribution in [0.15, 0.2) is 84.3 Å². The van der Waals surface area contributed by atoms with Crippen LogP contribution in [0, 0.1) is 0 Å². The van der Waals surface area contributed by atoms with Gasteiger partial charge in [0.1, 0.15) is 18.0 Å². The van der Waals surface area contributed by atoms with E-state index in [9.17, 15) is 8.42 Å². The Hall–Kier alpha value is -4.11. The molecule has 0 spiro atoms. The van der Waals surface area contributed by atoms with E-state index in [4.69, 9.17) is 4.74 Å². The Kier molecular flexibility index (Phi) is 4.66. The zero-order chi connectivity index (χ0) is 23.3. The molecule has 3 aromatic heterocycles. The lowest BCUT2D eigenvalue weighted by Gasteiger charge is -2.28. The molecule has 0 unspecified atom stereocenters. The summed E-state index contributed by atoms with van der Waals surface area (Å²) in [7, 11) is -1.71. The van der Waals surface area contributed by atoms with Gasteiger partial charge >= 0.3 is 0 Å². The first-order valence-electron chi connectivity index (χ1n) is 10.8. The van der Waals surface area contributed by atoms with Crippen molar-refractivity contribution in [2.24, 2.45) is 0 Å². The van der Waals surface area contributed by atoms with Crippen LogP contribution in [0.5, 0.6) is 5.75 Å². The van der Waals surface area contributed by atoms with E-state index < -0.39 is 10.0 Å². The number of rotatable bonds is 4. The molecule has 0 amide bonds. The highest BCUT2D eigenvalue weighted by Crippen LogP contribution is 2.36. The Balaban J connectivity index is 1.39. The lowest BCUT2D eigenvalue weighted by molar-refractivity contribution is 0.311. The van der Waals surface area contributed by atoms with Crippen LogP contribution < -0.4 is 9.64 Å². The van der Waals surface area contributed by atoms with Crippen LogP contribution >= 0.6 is 0 Å². The molecule has 170 valence electrons. The molecule has 0 saturated carbocycles. The SMILES string of the molecule is CN1CCOc2cc(-c3cnc4[nH]cc(-c5cnn(S(=O)(=O)c6ccccc6)c5)c4c3)ccc21. The minimum atomic E-state index is -3.77. The quantitative estimate of drug-likeness (QED) is 0.423. The maximum absolute atomic E-state index is 12.9. The number of aromatic nitrogens is 4. The molecule has 0 atom stereocenters. The zero-order valence-electron chi connectivity index (χ0n) is 18.3. The summed E-state index contributed by atoms with van der Waals surface area (Å²) in [6.45, 7) is 1.52. The van der Waals surface area contributed by atoms with Crippen molar-refractivity contribution in [3.8, 4) is 28.0 Å². The molecule has 5 aromatic rings. The first kappa shape index (κ1) is 20.5.